The molecule has 0 aliphatic carbocycles. The van der Waals surface area contributed by atoms with Gasteiger partial charge in [-0.1, -0.05) is 0 Å². The number of imidazole rings is 7. The second-order valence-electron chi connectivity index (χ2n) is 33.5. The van der Waals surface area contributed by atoms with Gasteiger partial charge in [0.2, 0.25) is 0 Å². The fraction of sp³-hybridized carbons (Fsp3) is 0.500. The van der Waals surface area contributed by atoms with E-state index in [2.05, 4.69) is 105 Å². The minimum absolute atomic E-state index is 0.0307. The first-order chi connectivity index (χ1) is 68.8. The molecule has 21 heterocycles. The van der Waals surface area contributed by atoms with Crippen LogP contribution in [0.5, 0.6) is 0 Å². The summed E-state index contributed by atoms with van der Waals surface area (Å²) in [5.74, 6) is -3.02. The molecule has 0 radical (unpaired) electrons. The standard InChI is InChI=1S/C70H85N35O33P6/c71-56-48-63(85-14-78-56)99(21-92-48)41-1-28(107)36(127-41)9-121-144(119,120)138-34-7-47(105-27-98-54-62(77)84-20-91-69(54)105)132-55(34)70(108)139(109,110)133-30-3-43(101-23-94-50-58(73)80-16-87-65(50)101)128-37(30)10-122-141(113,114)135-32-5-45(103-25-96-52-60(75)82-18-89-67(52)103)130-39(32)12-124-143(117,118)137-33-6-46(104-26-97-53-61(76)83-19-90-68(53)104)131-40(33)13-125-142(115,116)136-31-4-44(102-24-95-51-59(74)81-17-88-66(51)102)129-38(31)11-123-140(111,112)134-29-2-42(126-35(29)8-106)100-22-93-49-57(72)79-15-86-64(49)100/h14-47,55,70,106-108H,1-13H2,(H,109,110)(H,111,112)(H,113,114)(H,115,116)(H,117,118)(H,119,120)(H2,71,78,85)(H2,72,79,86)(H2,73,80,87)(H2,74,81,88)(H2,75,82,89)(H2,76,83,90)(H2,77,84,91)/t28-,29-,30-,31-,32-,33-,34-,35+,36+,37+,38+,39+,40+,41+,42+,43+,44+,45+,46+,47+,55-,70?/m0/s1. The van der Waals surface area contributed by atoms with Crippen LogP contribution in [-0.4, -0.2) is 312 Å². The smallest absolute Gasteiger partial charge is 0.394 e. The molecule has 0 spiro atoms. The Balaban J connectivity index is 0.512. The van der Waals surface area contributed by atoms with Gasteiger partial charge in [0, 0.05) is 44.9 Å². The molecule has 0 amide bonds. The molecule has 21 rings (SSSR count). The maximum absolute atomic E-state index is 15.2. The van der Waals surface area contributed by atoms with Crippen LogP contribution in [0.15, 0.2) is 88.6 Å². The van der Waals surface area contributed by atoms with E-state index >= 15 is 4.57 Å². The number of rotatable bonds is 37. The van der Waals surface area contributed by atoms with Gasteiger partial charge in [0.1, 0.15) is 206 Å². The number of nitrogens with two attached hydrogens (primary N) is 7. The minimum atomic E-state index is -5.78. The third kappa shape index (κ3) is 19.8. The second-order valence-corrected chi connectivity index (χ2v) is 42.4. The average Bonchev–Trinajstić information content (AvgIpc) is 2.06. The molecular weight excluding hydrogens is 2040 g/mol. The van der Waals surface area contributed by atoms with Gasteiger partial charge in [-0.15, -0.1) is 0 Å². The molecule has 74 heteroatoms. The van der Waals surface area contributed by atoms with Crippen LogP contribution >= 0.6 is 46.7 Å². The van der Waals surface area contributed by atoms with Gasteiger partial charge in [0.15, 0.2) is 86.1 Å². The number of hydrogen-bond donors (Lipinski definition) is 16. The Morgan fingerprint density at radius 1 is 0.285 bits per heavy atom. The van der Waals surface area contributed by atoms with Gasteiger partial charge in [0.05, 0.1) is 90.0 Å². The lowest BCUT2D eigenvalue weighted by Crippen LogP contribution is -2.38. The van der Waals surface area contributed by atoms with E-state index < -0.39 is 247 Å². The summed E-state index contributed by atoms with van der Waals surface area (Å²) in [5.41, 5.74) is 44.3. The van der Waals surface area contributed by atoms with Crippen LogP contribution in [0, 0.1) is 0 Å². The number of anilines is 7. The number of aliphatic hydroxyl groups excluding tert-OH is 3. The molecule has 68 nitrogen and oxygen atoms in total. The first kappa shape index (κ1) is 98.8. The van der Waals surface area contributed by atoms with Crippen molar-refractivity contribution in [2.24, 2.45) is 0 Å². The third-order valence-electron chi connectivity index (χ3n) is 24.5. The molecule has 0 bridgehead atoms. The zero-order valence-electron chi connectivity index (χ0n) is 73.5. The number of phosphoric ester groups is 5. The number of ether oxygens (including phenoxy) is 7. The highest BCUT2D eigenvalue weighted by molar-refractivity contribution is 7.53. The molecule has 7 unspecified atom stereocenters. The lowest BCUT2D eigenvalue weighted by Gasteiger charge is -2.30. The van der Waals surface area contributed by atoms with Crippen LogP contribution in [0.2, 0.25) is 0 Å². The Bertz CT molecular complexity index is 7500. The number of aliphatic hydroxyl groups is 3. The predicted molar refractivity (Wildman–Crippen MR) is 475 cm³/mol. The Morgan fingerprint density at radius 2 is 0.486 bits per heavy atom. The van der Waals surface area contributed by atoms with Gasteiger partial charge in [-0.25, -0.2) is 127 Å². The van der Waals surface area contributed by atoms with Gasteiger partial charge in [0.25, 0.3) is 0 Å². The Hall–Kier alpha value is -11.2. The Morgan fingerprint density at radius 3 is 0.743 bits per heavy atom. The maximum Gasteiger partial charge on any atom is 0.472 e. The fourth-order valence-corrected chi connectivity index (χ4v) is 23.9. The van der Waals surface area contributed by atoms with Crippen molar-refractivity contribution in [3.05, 3.63) is 88.6 Å². The molecule has 7 saturated heterocycles. The molecule has 7 fully saturated rings. The number of nitrogens with zero attached hydrogens (tertiary/aromatic N) is 28. The second kappa shape index (κ2) is 38.9. The normalized spacial score (nSPS) is 29.7. The van der Waals surface area contributed by atoms with Crippen molar-refractivity contribution < 1.29 is 155 Å². The summed E-state index contributed by atoms with van der Waals surface area (Å²) < 4.78 is 204. The van der Waals surface area contributed by atoms with Crippen LogP contribution in [0.3, 0.4) is 0 Å². The minimum Gasteiger partial charge on any atom is -0.394 e. The van der Waals surface area contributed by atoms with Crippen molar-refractivity contribution in [1.29, 1.82) is 0 Å². The Labute approximate surface area is 802 Å². The number of fused-ring (bicyclic) bond motifs is 7. The van der Waals surface area contributed by atoms with E-state index in [0.717, 1.165) is 31.6 Å². The molecule has 144 heavy (non-hydrogen) atoms. The van der Waals surface area contributed by atoms with Gasteiger partial charge in [-0.05, 0) is 0 Å². The fourth-order valence-electron chi connectivity index (χ4n) is 17.8. The molecule has 14 aromatic heterocycles. The zero-order valence-corrected chi connectivity index (χ0v) is 78.9. The quantitative estimate of drug-likeness (QED) is 0.0222. The van der Waals surface area contributed by atoms with Gasteiger partial charge < -0.3 is 122 Å². The molecule has 0 saturated carbocycles. The largest absolute Gasteiger partial charge is 0.472 e. The maximum atomic E-state index is 15.2. The van der Waals surface area contributed by atoms with E-state index in [1.54, 1.807) is 0 Å². The molecule has 23 N–H and O–H groups in total. The number of nitrogen functional groups attached to an aromatic ring is 7. The first-order valence-electron chi connectivity index (χ1n) is 43.2. The third-order valence-corrected chi connectivity index (χ3v) is 31.1. The molecule has 28 atom stereocenters. The number of hydrogen-bond acceptors (Lipinski definition) is 55. The van der Waals surface area contributed by atoms with Crippen molar-refractivity contribution >= 4 is 166 Å². The van der Waals surface area contributed by atoms with Crippen molar-refractivity contribution in [3.8, 4) is 0 Å². The van der Waals surface area contributed by atoms with E-state index in [9.17, 15) is 67.5 Å². The lowest BCUT2D eigenvalue weighted by molar-refractivity contribution is -0.0727. The van der Waals surface area contributed by atoms with E-state index in [1.165, 1.54) is 88.9 Å². The monoisotopic (exact) mass is 2130 g/mol. The topological polar surface area (TPSA) is 938 Å². The van der Waals surface area contributed by atoms with Crippen molar-refractivity contribution in [2.45, 2.75) is 180 Å². The van der Waals surface area contributed by atoms with E-state index in [4.69, 9.17) is 123 Å². The SMILES string of the molecule is Nc1ncnc2c1ncn2[C@H]1C[C@H](OP(=O)(O)OC[C@H]2O[C@@H](n3cnc4c(N)ncnc43)C[C@@H]2O)[C@@H](C(O)P(=O)(O)O[C@H]2C[C@H](n3cnc4c(N)ncnc43)O[C@@H]2COP(=O)(O)O[C@H]2C[C@H](n3cnc4c(N)ncnc43)O[C@@H]2COP(=O)(O)O[C@H]2C[C@H](n3cnc4c(N)ncnc43)O[C@@H]2COP(=O)(O)O[C@H]2C[C@H](n3cnc4c(N)ncnc43)O[C@@H]2COP(=O)(O)O[C@H]2C[C@H](n3cnc4c(N)ncnc43)O[C@@H]2CO)O1. The summed E-state index contributed by atoms with van der Waals surface area (Å²) in [4.78, 5) is 158. The van der Waals surface area contributed by atoms with Crippen LogP contribution in [-0.2, 0) is 110 Å². The van der Waals surface area contributed by atoms with E-state index in [-0.39, 0.29) is 138 Å². The summed E-state index contributed by atoms with van der Waals surface area (Å²) in [5, 5.41) is 33.9. The predicted octanol–water partition coefficient (Wildman–Crippen LogP) is -0.293. The molecule has 768 valence electrons. The highest BCUT2D eigenvalue weighted by Gasteiger charge is 2.56. The van der Waals surface area contributed by atoms with Crippen LogP contribution in [0.25, 0.3) is 78.1 Å². The highest BCUT2D eigenvalue weighted by atomic mass is 31.2. The summed E-state index contributed by atoms with van der Waals surface area (Å²) in [6, 6.07) is 0. The molecule has 7 aliphatic rings. The van der Waals surface area contributed by atoms with Crippen LogP contribution in [0.4, 0.5) is 40.7 Å². The summed E-state index contributed by atoms with van der Waals surface area (Å²) in [6.07, 6.45) is -17.3. The van der Waals surface area contributed by atoms with Gasteiger partial charge in [-0.3, -0.25) is 81.8 Å². The van der Waals surface area contributed by atoms with E-state index in [1.807, 2.05) is 0 Å². The highest BCUT2D eigenvalue weighted by Crippen LogP contribution is 2.60. The van der Waals surface area contributed by atoms with Crippen molar-refractivity contribution in [1.82, 2.24) is 137 Å². The number of aromatic nitrogens is 28. The van der Waals surface area contributed by atoms with E-state index in [0.29, 0.717) is 0 Å². The van der Waals surface area contributed by atoms with Crippen LogP contribution in [0.1, 0.15) is 88.5 Å². The molecular formula is C70H85N35O33P6. The zero-order chi connectivity index (χ0) is 101. The average molecular weight is 2130 g/mol. The summed E-state index contributed by atoms with van der Waals surface area (Å²) in [7, 11) is -33.3. The van der Waals surface area contributed by atoms with Crippen molar-refractivity contribution in [3.63, 3.8) is 0 Å². The Kier molecular flexibility index (Phi) is 26.7. The first-order valence-corrected chi connectivity index (χ1v) is 52.3. The van der Waals surface area contributed by atoms with Crippen molar-refractivity contribution in [2.75, 3.05) is 79.8 Å². The summed E-state index contributed by atoms with van der Waals surface area (Å²) >= 11 is 0. The van der Waals surface area contributed by atoms with Gasteiger partial charge in [-0.2, -0.15) is 0 Å². The molecule has 7 aliphatic heterocycles. The molecule has 14 aromatic rings. The number of phosphoric acid groups is 5. The lowest BCUT2D eigenvalue weighted by atomic mass is 10.2. The van der Waals surface area contributed by atoms with Crippen LogP contribution < -0.4 is 40.1 Å². The summed E-state index contributed by atoms with van der Waals surface area (Å²) in [6.45, 7) is -5.66. The molecule has 0 aromatic carbocycles. The van der Waals surface area contributed by atoms with Gasteiger partial charge >= 0.3 is 46.7 Å².